The summed E-state index contributed by atoms with van der Waals surface area (Å²) >= 11 is 1.89. The number of urea groups is 1. The summed E-state index contributed by atoms with van der Waals surface area (Å²) in [5, 5.41) is 18.3. The van der Waals surface area contributed by atoms with Crippen LogP contribution in [0.1, 0.15) is 44.9 Å². The minimum atomic E-state index is -0.0675. The van der Waals surface area contributed by atoms with Gasteiger partial charge in [0.15, 0.2) is 0 Å². The quantitative estimate of drug-likeness (QED) is 0.0173. The molecule has 0 bridgehead atoms. The van der Waals surface area contributed by atoms with E-state index in [1.54, 1.807) is 21.6 Å². The third-order valence-electron chi connectivity index (χ3n) is 7.06. The molecule has 5 N–H and O–H groups in total. The van der Waals surface area contributed by atoms with Crippen LogP contribution in [0, 0.1) is 0 Å². The van der Waals surface area contributed by atoms with Crippen molar-refractivity contribution in [3.05, 3.63) is 10.4 Å². The number of nitrogens with zero attached hydrogens (tertiary/aromatic N) is 3. The maximum Gasteiger partial charge on any atom is 0.315 e. The largest absolute Gasteiger partial charge is 0.379 e. The van der Waals surface area contributed by atoms with Gasteiger partial charge in [-0.05, 0) is 24.8 Å². The molecule has 2 aliphatic heterocycles. The summed E-state index contributed by atoms with van der Waals surface area (Å²) in [6.45, 7) is 5.22. The second kappa shape index (κ2) is 28.7. The van der Waals surface area contributed by atoms with E-state index in [1.807, 2.05) is 11.8 Å². The van der Waals surface area contributed by atoms with Crippen molar-refractivity contribution in [2.45, 2.75) is 62.3 Å². The molecule has 5 amide bonds. The van der Waals surface area contributed by atoms with E-state index in [-0.39, 0.29) is 42.3 Å². The van der Waals surface area contributed by atoms with Gasteiger partial charge in [-0.3, -0.25) is 14.4 Å². The van der Waals surface area contributed by atoms with Crippen LogP contribution in [0.2, 0.25) is 0 Å². The molecule has 0 saturated carbocycles. The topological polar surface area (TPSA) is 214 Å². The van der Waals surface area contributed by atoms with E-state index in [2.05, 4.69) is 36.6 Å². The van der Waals surface area contributed by atoms with E-state index >= 15 is 0 Å². The Balaban J connectivity index is 1.22. The molecule has 274 valence electrons. The molecule has 0 aromatic heterocycles. The standard InChI is InChI=1S/C29H52N8O8S3/c30-37-34-9-3-8-31-27(40)7-20-47-48-21-11-33-26(39)6-12-42-14-16-44-18-19-45-17-15-43-13-10-32-25(38)5-2-1-4-24-28-23(22-46-24)35-29(41)36-28/h23-24,28H,1-22H2,(H,31,40)(H,32,38)(H,33,39)(H2,35,36,41)/t23-,24-,28-/m1/s1. The highest BCUT2D eigenvalue weighted by molar-refractivity contribution is 8.76. The minimum Gasteiger partial charge on any atom is -0.379 e. The van der Waals surface area contributed by atoms with E-state index in [0.29, 0.717) is 109 Å². The number of thioether (sulfide) groups is 1. The van der Waals surface area contributed by atoms with E-state index in [4.69, 9.17) is 24.5 Å². The molecule has 0 aromatic carbocycles. The van der Waals surface area contributed by atoms with Crippen LogP contribution in [-0.2, 0) is 33.3 Å². The average molecular weight is 737 g/mol. The molecular formula is C29H52N8O8S3. The molecule has 2 saturated heterocycles. The fourth-order valence-corrected chi connectivity index (χ4v) is 8.08. The number of carbonyl (C=O) groups excluding carboxylic acids is 4. The van der Waals surface area contributed by atoms with Crippen molar-refractivity contribution in [2.24, 2.45) is 5.11 Å². The first kappa shape index (κ1) is 42.0. The van der Waals surface area contributed by atoms with Crippen molar-refractivity contribution >= 4 is 57.1 Å². The van der Waals surface area contributed by atoms with Gasteiger partial charge in [-0.1, -0.05) is 33.1 Å². The van der Waals surface area contributed by atoms with E-state index in [0.717, 1.165) is 30.8 Å². The molecule has 0 aliphatic carbocycles. The zero-order chi connectivity index (χ0) is 34.5. The lowest BCUT2D eigenvalue weighted by molar-refractivity contribution is -0.122. The molecule has 0 aromatic rings. The molecule has 16 nitrogen and oxygen atoms in total. The van der Waals surface area contributed by atoms with Gasteiger partial charge < -0.3 is 45.5 Å². The molecule has 2 heterocycles. The van der Waals surface area contributed by atoms with E-state index < -0.39 is 0 Å². The van der Waals surface area contributed by atoms with Gasteiger partial charge in [0.25, 0.3) is 0 Å². The highest BCUT2D eigenvalue weighted by atomic mass is 33.1. The van der Waals surface area contributed by atoms with Gasteiger partial charge >= 0.3 is 6.03 Å². The van der Waals surface area contributed by atoms with Crippen LogP contribution in [-0.4, -0.2) is 137 Å². The number of carbonyl (C=O) groups is 4. The number of azide groups is 1. The monoisotopic (exact) mass is 736 g/mol. The summed E-state index contributed by atoms with van der Waals surface area (Å²) in [7, 11) is 3.20. The van der Waals surface area contributed by atoms with Crippen LogP contribution in [0.4, 0.5) is 4.79 Å². The zero-order valence-electron chi connectivity index (χ0n) is 27.6. The Hall–Kier alpha value is -2.12. The van der Waals surface area contributed by atoms with Crippen molar-refractivity contribution in [1.82, 2.24) is 26.6 Å². The normalized spacial score (nSPS) is 18.0. The Kier molecular flexibility index (Phi) is 25.1. The maximum atomic E-state index is 12.0. The first-order valence-corrected chi connectivity index (χ1v) is 20.1. The fraction of sp³-hybridized carbons (Fsp3) is 0.862. The number of hydrogen-bond acceptors (Lipinski definition) is 12. The molecule has 2 fully saturated rings. The van der Waals surface area contributed by atoms with Crippen molar-refractivity contribution in [2.75, 3.05) is 96.3 Å². The number of hydrogen-bond donors (Lipinski definition) is 5. The van der Waals surface area contributed by atoms with Gasteiger partial charge in [0.1, 0.15) is 0 Å². The first-order chi connectivity index (χ1) is 23.5. The Bertz CT molecular complexity index is 983. The summed E-state index contributed by atoms with van der Waals surface area (Å²) in [6, 6.07) is 0.386. The number of amides is 5. The molecule has 2 rings (SSSR count). The van der Waals surface area contributed by atoms with Crippen LogP contribution >= 0.6 is 33.3 Å². The summed E-state index contributed by atoms with van der Waals surface area (Å²) in [6.07, 6.45) is 4.63. The number of ether oxygens (including phenoxy) is 4. The van der Waals surface area contributed by atoms with Gasteiger partial charge in [-0.25, -0.2) is 4.79 Å². The molecule has 48 heavy (non-hydrogen) atoms. The van der Waals surface area contributed by atoms with E-state index in [1.165, 1.54) is 0 Å². The van der Waals surface area contributed by atoms with Crippen LogP contribution in [0.5, 0.6) is 0 Å². The van der Waals surface area contributed by atoms with Crippen LogP contribution in [0.15, 0.2) is 5.11 Å². The molecule has 0 unspecified atom stereocenters. The lowest BCUT2D eigenvalue weighted by atomic mass is 10.0. The molecular weight excluding hydrogens is 685 g/mol. The summed E-state index contributed by atoms with van der Waals surface area (Å²) < 4.78 is 21.9. The number of nitrogens with one attached hydrogen (secondary N) is 5. The highest BCUT2D eigenvalue weighted by Gasteiger charge is 2.42. The fourth-order valence-electron chi connectivity index (χ4n) is 4.64. The van der Waals surface area contributed by atoms with E-state index in [9.17, 15) is 19.2 Å². The second-order valence-electron chi connectivity index (χ2n) is 10.8. The third kappa shape index (κ3) is 21.8. The van der Waals surface area contributed by atoms with Gasteiger partial charge in [0.2, 0.25) is 17.7 Å². The van der Waals surface area contributed by atoms with Crippen LogP contribution in [0.3, 0.4) is 0 Å². The molecule has 0 spiro atoms. The average Bonchev–Trinajstić information content (AvgIpc) is 3.63. The zero-order valence-corrected chi connectivity index (χ0v) is 30.1. The van der Waals surface area contributed by atoms with Crippen LogP contribution in [0.25, 0.3) is 10.4 Å². The summed E-state index contributed by atoms with van der Waals surface area (Å²) in [5.41, 5.74) is 8.19. The van der Waals surface area contributed by atoms with Crippen LogP contribution < -0.4 is 26.6 Å². The Morgan fingerprint density at radius 2 is 1.40 bits per heavy atom. The lowest BCUT2D eigenvalue weighted by Crippen LogP contribution is -2.36. The molecule has 3 atom stereocenters. The SMILES string of the molecule is [N-]=[N+]=NCCCNC(=O)CCSSCCNC(=O)CCOCCOCCOCCOCCNC(=O)CCCC[C@H]1SC[C@H]2NC(=O)N[C@H]21. The summed E-state index contributed by atoms with van der Waals surface area (Å²) in [5.74, 6) is 2.32. The Morgan fingerprint density at radius 1 is 0.771 bits per heavy atom. The number of unbranched alkanes of at least 4 members (excludes halogenated alkanes) is 1. The Labute approximate surface area is 295 Å². The van der Waals surface area contributed by atoms with Crippen molar-refractivity contribution < 1.29 is 38.1 Å². The number of rotatable bonds is 31. The molecule has 0 radical (unpaired) electrons. The van der Waals surface area contributed by atoms with Gasteiger partial charge in [0, 0.05) is 72.9 Å². The summed E-state index contributed by atoms with van der Waals surface area (Å²) in [4.78, 5) is 49.7. The number of fused-ring (bicyclic) bond motifs is 1. The van der Waals surface area contributed by atoms with Crippen molar-refractivity contribution in [1.29, 1.82) is 0 Å². The lowest BCUT2D eigenvalue weighted by Gasteiger charge is -2.16. The van der Waals surface area contributed by atoms with Crippen molar-refractivity contribution in [3.63, 3.8) is 0 Å². The third-order valence-corrected chi connectivity index (χ3v) is 11.0. The van der Waals surface area contributed by atoms with Gasteiger partial charge in [-0.2, -0.15) is 11.8 Å². The molecule has 2 aliphatic rings. The predicted octanol–water partition coefficient (Wildman–Crippen LogP) is 1.99. The van der Waals surface area contributed by atoms with Crippen molar-refractivity contribution in [3.8, 4) is 0 Å². The maximum absolute atomic E-state index is 12.0. The second-order valence-corrected chi connectivity index (χ2v) is 14.8. The highest BCUT2D eigenvalue weighted by Crippen LogP contribution is 2.33. The predicted molar refractivity (Wildman–Crippen MR) is 189 cm³/mol. The van der Waals surface area contributed by atoms with Gasteiger partial charge in [0.05, 0.1) is 64.9 Å². The first-order valence-electron chi connectivity index (χ1n) is 16.5. The smallest absolute Gasteiger partial charge is 0.315 e. The van der Waals surface area contributed by atoms with Gasteiger partial charge in [-0.15, -0.1) is 0 Å². The molecule has 19 heteroatoms. The Morgan fingerprint density at radius 3 is 2.15 bits per heavy atom. The minimum absolute atomic E-state index is 0.0232.